The van der Waals surface area contributed by atoms with Crippen LogP contribution < -0.4 is 19.7 Å². The Labute approximate surface area is 161 Å². The quantitative estimate of drug-likeness (QED) is 0.792. The van der Waals surface area contributed by atoms with Gasteiger partial charge in [0.25, 0.3) is 5.91 Å². The second kappa shape index (κ2) is 8.41. The predicted octanol–water partition coefficient (Wildman–Crippen LogP) is 4.33. The highest BCUT2D eigenvalue weighted by Gasteiger charge is 2.32. The van der Waals surface area contributed by atoms with Gasteiger partial charge in [-0.1, -0.05) is 12.1 Å². The molecule has 150 valence electrons. The van der Waals surface area contributed by atoms with Crippen LogP contribution in [0.4, 0.5) is 24.5 Å². The summed E-state index contributed by atoms with van der Waals surface area (Å²) in [5, 5.41) is 2.56. The molecule has 0 unspecified atom stereocenters. The van der Waals surface area contributed by atoms with Gasteiger partial charge >= 0.3 is 6.18 Å². The average molecular weight is 394 g/mol. The van der Waals surface area contributed by atoms with Gasteiger partial charge in [0.2, 0.25) is 0 Å². The minimum absolute atomic E-state index is 0.130. The molecule has 0 spiro atoms. The highest BCUT2D eigenvalue weighted by atomic mass is 19.4. The number of carbonyl (C=O) groups is 1. The lowest BCUT2D eigenvalue weighted by molar-refractivity contribution is -0.137. The Kier molecular flexibility index (Phi) is 5.96. The summed E-state index contributed by atoms with van der Waals surface area (Å²) in [6.07, 6.45) is -2.56. The monoisotopic (exact) mass is 394 g/mol. The Morgan fingerprint density at radius 1 is 1.11 bits per heavy atom. The third-order valence-corrected chi connectivity index (χ3v) is 4.47. The molecule has 0 bridgehead atoms. The maximum absolute atomic E-state index is 13.1. The average Bonchev–Trinajstić information content (AvgIpc) is 3.20. The summed E-state index contributed by atoms with van der Waals surface area (Å²) in [5.74, 6) is 0.293. The van der Waals surface area contributed by atoms with Crippen molar-refractivity contribution in [1.82, 2.24) is 0 Å². The zero-order valence-electron chi connectivity index (χ0n) is 15.4. The number of anilines is 2. The second-order valence-corrected chi connectivity index (χ2v) is 6.41. The van der Waals surface area contributed by atoms with Crippen LogP contribution in [-0.2, 0) is 11.0 Å². The molecule has 0 atom stereocenters. The minimum Gasteiger partial charge on any atom is -0.493 e. The van der Waals surface area contributed by atoms with Crippen LogP contribution in [0.5, 0.6) is 11.5 Å². The fourth-order valence-electron chi connectivity index (χ4n) is 3.11. The Balaban J connectivity index is 1.76. The molecule has 3 rings (SSSR count). The first kappa shape index (κ1) is 19.9. The molecule has 1 aliphatic heterocycles. The molecule has 1 aliphatic rings. The van der Waals surface area contributed by atoms with E-state index in [1.807, 2.05) is 4.90 Å². The summed E-state index contributed by atoms with van der Waals surface area (Å²) in [7, 11) is 1.48. The number of ether oxygens (including phenoxy) is 2. The number of para-hydroxylation sites is 2. The lowest BCUT2D eigenvalue weighted by Crippen LogP contribution is -2.24. The summed E-state index contributed by atoms with van der Waals surface area (Å²) < 4.78 is 49.9. The number of nitrogens with zero attached hydrogens (tertiary/aromatic N) is 1. The number of nitrogens with one attached hydrogen (secondary N) is 1. The molecule has 1 saturated heterocycles. The number of halogens is 3. The van der Waals surface area contributed by atoms with Gasteiger partial charge in [-0.2, -0.15) is 13.2 Å². The molecule has 0 aliphatic carbocycles. The third-order valence-electron chi connectivity index (χ3n) is 4.47. The van der Waals surface area contributed by atoms with Crippen LogP contribution in [0.1, 0.15) is 18.4 Å². The normalized spacial score (nSPS) is 14.1. The zero-order chi connectivity index (χ0) is 20.1. The fourth-order valence-corrected chi connectivity index (χ4v) is 3.11. The standard InChI is InChI=1S/C20H21F3N2O3/c1-27-17-6-2-3-7-18(17)28-13-19(26)24-15-12-14(20(21,22)23)8-9-16(15)25-10-4-5-11-25/h2-3,6-9,12H,4-5,10-11,13H2,1H3,(H,24,26). The number of amides is 1. The number of carbonyl (C=O) groups excluding carboxylic acids is 1. The van der Waals surface area contributed by atoms with Gasteiger partial charge in [-0.3, -0.25) is 4.79 Å². The molecule has 0 radical (unpaired) electrons. The van der Waals surface area contributed by atoms with Crippen LogP contribution in [-0.4, -0.2) is 32.7 Å². The largest absolute Gasteiger partial charge is 0.493 e. The SMILES string of the molecule is COc1ccccc1OCC(=O)Nc1cc(C(F)(F)F)ccc1N1CCCC1. The van der Waals surface area contributed by atoms with E-state index in [9.17, 15) is 18.0 Å². The van der Waals surface area contributed by atoms with Crippen molar-refractivity contribution < 1.29 is 27.4 Å². The number of methoxy groups -OCH3 is 1. The van der Waals surface area contributed by atoms with E-state index in [0.717, 1.165) is 38.1 Å². The number of benzene rings is 2. The number of hydrogen-bond donors (Lipinski definition) is 1. The molecular weight excluding hydrogens is 373 g/mol. The predicted molar refractivity (Wildman–Crippen MR) is 100 cm³/mol. The number of rotatable bonds is 6. The number of alkyl halides is 3. The van der Waals surface area contributed by atoms with E-state index in [-0.39, 0.29) is 12.3 Å². The highest BCUT2D eigenvalue weighted by molar-refractivity contribution is 5.95. The molecule has 1 fully saturated rings. The van der Waals surface area contributed by atoms with Gasteiger partial charge in [0, 0.05) is 13.1 Å². The first-order valence-corrected chi connectivity index (χ1v) is 8.90. The summed E-state index contributed by atoms with van der Waals surface area (Å²) in [5.41, 5.74) is -0.0992. The van der Waals surface area contributed by atoms with Crippen molar-refractivity contribution in [2.45, 2.75) is 19.0 Å². The summed E-state index contributed by atoms with van der Waals surface area (Å²) in [6, 6.07) is 10.2. The van der Waals surface area contributed by atoms with E-state index in [0.29, 0.717) is 17.2 Å². The van der Waals surface area contributed by atoms with Crippen LogP contribution in [0.15, 0.2) is 42.5 Å². The molecule has 2 aromatic rings. The van der Waals surface area contributed by atoms with Crippen LogP contribution >= 0.6 is 0 Å². The van der Waals surface area contributed by atoms with Gasteiger partial charge in [-0.15, -0.1) is 0 Å². The highest BCUT2D eigenvalue weighted by Crippen LogP contribution is 2.36. The Hall–Kier alpha value is -2.90. The lowest BCUT2D eigenvalue weighted by atomic mass is 10.1. The van der Waals surface area contributed by atoms with E-state index in [1.165, 1.54) is 13.2 Å². The van der Waals surface area contributed by atoms with Crippen molar-refractivity contribution in [3.8, 4) is 11.5 Å². The summed E-state index contributed by atoms with van der Waals surface area (Å²) in [4.78, 5) is 14.3. The van der Waals surface area contributed by atoms with E-state index in [2.05, 4.69) is 5.32 Å². The minimum atomic E-state index is -4.49. The lowest BCUT2D eigenvalue weighted by Gasteiger charge is -2.23. The fraction of sp³-hybridized carbons (Fsp3) is 0.350. The second-order valence-electron chi connectivity index (χ2n) is 6.41. The van der Waals surface area contributed by atoms with Gasteiger partial charge in [-0.25, -0.2) is 0 Å². The Morgan fingerprint density at radius 3 is 2.43 bits per heavy atom. The van der Waals surface area contributed by atoms with Crippen LogP contribution in [0.2, 0.25) is 0 Å². The van der Waals surface area contributed by atoms with Crippen LogP contribution in [0.3, 0.4) is 0 Å². The van der Waals surface area contributed by atoms with Crippen molar-refractivity contribution in [1.29, 1.82) is 0 Å². The topological polar surface area (TPSA) is 50.8 Å². The maximum Gasteiger partial charge on any atom is 0.416 e. The molecule has 2 aromatic carbocycles. The molecule has 28 heavy (non-hydrogen) atoms. The van der Waals surface area contributed by atoms with Gasteiger partial charge in [-0.05, 0) is 43.2 Å². The zero-order valence-corrected chi connectivity index (χ0v) is 15.4. The summed E-state index contributed by atoms with van der Waals surface area (Å²) >= 11 is 0. The first-order valence-electron chi connectivity index (χ1n) is 8.90. The van der Waals surface area contributed by atoms with Crippen molar-refractivity contribution in [2.24, 2.45) is 0 Å². The van der Waals surface area contributed by atoms with E-state index >= 15 is 0 Å². The van der Waals surface area contributed by atoms with Gasteiger partial charge in [0.05, 0.1) is 24.0 Å². The van der Waals surface area contributed by atoms with Crippen LogP contribution in [0, 0.1) is 0 Å². The van der Waals surface area contributed by atoms with Gasteiger partial charge < -0.3 is 19.7 Å². The first-order chi connectivity index (χ1) is 13.4. The van der Waals surface area contributed by atoms with Gasteiger partial charge in [0.1, 0.15) is 0 Å². The third kappa shape index (κ3) is 4.68. The van der Waals surface area contributed by atoms with Crippen molar-refractivity contribution in [3.05, 3.63) is 48.0 Å². The van der Waals surface area contributed by atoms with E-state index in [1.54, 1.807) is 24.3 Å². The van der Waals surface area contributed by atoms with Crippen LogP contribution in [0.25, 0.3) is 0 Å². The number of hydrogen-bond acceptors (Lipinski definition) is 4. The van der Waals surface area contributed by atoms with E-state index in [4.69, 9.17) is 9.47 Å². The Morgan fingerprint density at radius 2 is 1.79 bits per heavy atom. The molecule has 1 N–H and O–H groups in total. The van der Waals surface area contributed by atoms with Crippen molar-refractivity contribution in [3.63, 3.8) is 0 Å². The molecule has 0 saturated carbocycles. The molecule has 5 nitrogen and oxygen atoms in total. The van der Waals surface area contributed by atoms with E-state index < -0.39 is 17.6 Å². The van der Waals surface area contributed by atoms with Crippen molar-refractivity contribution >= 4 is 17.3 Å². The molecule has 8 heteroatoms. The molecule has 1 heterocycles. The molecule has 0 aromatic heterocycles. The van der Waals surface area contributed by atoms with Gasteiger partial charge in [0.15, 0.2) is 18.1 Å². The smallest absolute Gasteiger partial charge is 0.416 e. The van der Waals surface area contributed by atoms with Crippen molar-refractivity contribution in [2.75, 3.05) is 37.0 Å². The maximum atomic E-state index is 13.1. The molecule has 1 amide bonds. The molecular formula is C20H21F3N2O3. The Bertz CT molecular complexity index is 834. The summed E-state index contributed by atoms with van der Waals surface area (Å²) in [6.45, 7) is 1.13.